The molecule has 0 fully saturated rings. The predicted molar refractivity (Wildman–Crippen MR) is 175 cm³/mol. The molecule has 6 rings (SSSR count). The second-order valence-electron chi connectivity index (χ2n) is 10.5. The number of allylic oxidation sites excluding steroid dienone is 1. The third kappa shape index (κ3) is 6.38. The van der Waals surface area contributed by atoms with Gasteiger partial charge in [0.1, 0.15) is 19.0 Å². The van der Waals surface area contributed by atoms with E-state index < -0.39 is 23.4 Å². The lowest BCUT2D eigenvalue weighted by atomic mass is 9.95. The number of benzene rings is 4. The van der Waals surface area contributed by atoms with Gasteiger partial charge in [0.15, 0.2) is 16.3 Å². The number of aromatic nitrogens is 1. The zero-order valence-electron chi connectivity index (χ0n) is 24.9. The molecule has 1 aliphatic heterocycles. The zero-order valence-corrected chi connectivity index (χ0v) is 26.5. The van der Waals surface area contributed by atoms with Crippen LogP contribution < -0.4 is 24.4 Å². The first-order chi connectivity index (χ1) is 22.3. The Morgan fingerprint density at radius 1 is 0.957 bits per heavy atom. The molecule has 1 unspecified atom stereocenters. The van der Waals surface area contributed by atoms with Crippen LogP contribution in [0.1, 0.15) is 35.2 Å². The van der Waals surface area contributed by atoms with Crippen LogP contribution in [0.2, 0.25) is 5.02 Å². The van der Waals surface area contributed by atoms with Crippen LogP contribution in [-0.2, 0) is 22.7 Å². The highest BCUT2D eigenvalue weighted by Gasteiger charge is 2.34. The first-order valence-electron chi connectivity index (χ1n) is 14.4. The van der Waals surface area contributed by atoms with Gasteiger partial charge in [-0.2, -0.15) is 0 Å². The number of fused-ring (bicyclic) bond motifs is 1. The van der Waals surface area contributed by atoms with Crippen molar-refractivity contribution in [2.75, 3.05) is 7.11 Å². The topological polar surface area (TPSA) is 79.1 Å². The van der Waals surface area contributed by atoms with Gasteiger partial charge in [0.25, 0.3) is 5.56 Å². The largest absolute Gasteiger partial charge is 0.493 e. The summed E-state index contributed by atoms with van der Waals surface area (Å²) in [6.07, 6.45) is 1.41. The summed E-state index contributed by atoms with van der Waals surface area (Å²) in [6, 6.07) is 27.7. The molecule has 0 N–H and O–H groups in total. The number of methoxy groups -OCH3 is 1. The second kappa shape index (κ2) is 13.6. The summed E-state index contributed by atoms with van der Waals surface area (Å²) in [4.78, 5) is 32.8. The fourth-order valence-corrected chi connectivity index (χ4v) is 6.43. The molecule has 0 saturated heterocycles. The van der Waals surface area contributed by atoms with Crippen molar-refractivity contribution < 1.29 is 23.4 Å². The fraction of sp³-hybridized carbons (Fsp3) is 0.139. The highest BCUT2D eigenvalue weighted by molar-refractivity contribution is 7.07. The maximum absolute atomic E-state index is 14.7. The molecule has 0 aliphatic carbocycles. The fourth-order valence-electron chi connectivity index (χ4n) is 5.19. The van der Waals surface area contributed by atoms with Gasteiger partial charge in [-0.05, 0) is 54.0 Å². The maximum atomic E-state index is 14.7. The molecular formula is C36H28ClFN2O5S. The number of ether oxygens (including phenoxy) is 3. The number of rotatable bonds is 9. The monoisotopic (exact) mass is 654 g/mol. The average Bonchev–Trinajstić information content (AvgIpc) is 3.38. The number of hydrogen-bond donors (Lipinski definition) is 0. The number of carbonyl (C=O) groups is 1. The molecule has 2 heterocycles. The van der Waals surface area contributed by atoms with Crippen molar-refractivity contribution in [1.29, 1.82) is 0 Å². The van der Waals surface area contributed by atoms with E-state index >= 15 is 0 Å². The Bertz CT molecular complexity index is 2110. The number of thiazole rings is 1. The molecule has 0 radical (unpaired) electrons. The molecule has 10 heteroatoms. The van der Waals surface area contributed by atoms with Gasteiger partial charge in [-0.15, -0.1) is 0 Å². The molecule has 7 nitrogen and oxygen atoms in total. The molecule has 1 atom stereocenters. The quantitative estimate of drug-likeness (QED) is 0.173. The zero-order chi connectivity index (χ0) is 32.2. The minimum atomic E-state index is -0.921. The molecule has 5 aromatic rings. The summed E-state index contributed by atoms with van der Waals surface area (Å²) in [5.74, 6) is -0.275. The first kappa shape index (κ1) is 31.0. The Hall–Kier alpha value is -4.99. The molecule has 232 valence electrons. The Kier molecular flexibility index (Phi) is 9.14. The SMILES string of the molecule is COc1cc(C2C(C(=O)OCc3ccccc3)=C(C)N=c3s/c(=C\c4c(F)cccc4Cl)c(=O)n32)ccc1OCc1ccccc1. The van der Waals surface area contributed by atoms with E-state index in [4.69, 9.17) is 25.8 Å². The van der Waals surface area contributed by atoms with E-state index in [0.29, 0.717) is 34.2 Å². The van der Waals surface area contributed by atoms with Gasteiger partial charge in [0, 0.05) is 5.56 Å². The van der Waals surface area contributed by atoms with Crippen LogP contribution in [0.5, 0.6) is 11.5 Å². The first-order valence-corrected chi connectivity index (χ1v) is 15.6. The van der Waals surface area contributed by atoms with Crippen LogP contribution in [-0.4, -0.2) is 17.6 Å². The predicted octanol–water partition coefficient (Wildman–Crippen LogP) is 6.36. The number of esters is 1. The standard InChI is InChI=1S/C36H28ClFN2O5S/c1-22-32(35(42)45-21-24-12-7-4-8-13-24)33(25-16-17-29(30(18-25)43-2)44-20-23-10-5-3-6-11-23)40-34(41)31(46-36(40)39-22)19-26-27(37)14-9-15-28(26)38/h3-19,33H,20-21H2,1-2H3/b31-19-. The summed E-state index contributed by atoms with van der Waals surface area (Å²) in [7, 11) is 1.52. The van der Waals surface area contributed by atoms with Crippen LogP contribution >= 0.6 is 22.9 Å². The summed E-state index contributed by atoms with van der Waals surface area (Å²) in [6.45, 7) is 2.06. The van der Waals surface area contributed by atoms with Crippen molar-refractivity contribution in [3.63, 3.8) is 0 Å². The number of halogens is 2. The lowest BCUT2D eigenvalue weighted by Crippen LogP contribution is -2.40. The molecule has 0 bridgehead atoms. The van der Waals surface area contributed by atoms with Crippen LogP contribution in [0.4, 0.5) is 4.39 Å². The van der Waals surface area contributed by atoms with Gasteiger partial charge in [-0.25, -0.2) is 14.2 Å². The molecule has 0 amide bonds. The van der Waals surface area contributed by atoms with Gasteiger partial charge in [0.2, 0.25) is 0 Å². The van der Waals surface area contributed by atoms with E-state index in [1.807, 2.05) is 60.7 Å². The van der Waals surface area contributed by atoms with Crippen molar-refractivity contribution in [2.24, 2.45) is 4.99 Å². The van der Waals surface area contributed by atoms with E-state index in [-0.39, 0.29) is 27.3 Å². The Balaban J connectivity index is 1.45. The molecule has 46 heavy (non-hydrogen) atoms. The average molecular weight is 655 g/mol. The maximum Gasteiger partial charge on any atom is 0.338 e. The van der Waals surface area contributed by atoms with Gasteiger partial charge in [-0.1, -0.05) is 95.7 Å². The van der Waals surface area contributed by atoms with E-state index in [2.05, 4.69) is 4.99 Å². The van der Waals surface area contributed by atoms with Crippen LogP contribution in [0, 0.1) is 5.82 Å². The van der Waals surface area contributed by atoms with Gasteiger partial charge >= 0.3 is 5.97 Å². The lowest BCUT2D eigenvalue weighted by molar-refractivity contribution is -0.140. The summed E-state index contributed by atoms with van der Waals surface area (Å²) < 4.78 is 33.8. The summed E-state index contributed by atoms with van der Waals surface area (Å²) in [5, 5.41) is 0.166. The van der Waals surface area contributed by atoms with E-state index in [0.717, 1.165) is 22.5 Å². The van der Waals surface area contributed by atoms with E-state index in [1.54, 1.807) is 31.2 Å². The summed E-state index contributed by atoms with van der Waals surface area (Å²) in [5.41, 5.74) is 2.58. The van der Waals surface area contributed by atoms with Crippen molar-refractivity contribution in [1.82, 2.24) is 4.57 Å². The molecular weight excluding hydrogens is 627 g/mol. The number of carbonyl (C=O) groups excluding carboxylic acids is 1. The van der Waals surface area contributed by atoms with Gasteiger partial charge < -0.3 is 14.2 Å². The van der Waals surface area contributed by atoms with Crippen LogP contribution in [0.15, 0.2) is 118 Å². The van der Waals surface area contributed by atoms with Crippen molar-refractivity contribution in [3.05, 3.63) is 161 Å². The smallest absolute Gasteiger partial charge is 0.338 e. The minimum Gasteiger partial charge on any atom is -0.493 e. The molecule has 0 spiro atoms. The highest BCUT2D eigenvalue weighted by atomic mass is 35.5. The molecule has 1 aliphatic rings. The third-order valence-electron chi connectivity index (χ3n) is 7.47. The van der Waals surface area contributed by atoms with Gasteiger partial charge in [0.05, 0.1) is 34.0 Å². The molecule has 4 aromatic carbocycles. The normalized spacial score (nSPS) is 14.4. The van der Waals surface area contributed by atoms with Crippen molar-refractivity contribution in [2.45, 2.75) is 26.2 Å². The van der Waals surface area contributed by atoms with Crippen molar-refractivity contribution in [3.8, 4) is 11.5 Å². The Morgan fingerprint density at radius 3 is 2.33 bits per heavy atom. The third-order valence-corrected chi connectivity index (χ3v) is 8.78. The highest BCUT2D eigenvalue weighted by Crippen LogP contribution is 2.36. The van der Waals surface area contributed by atoms with E-state index in [9.17, 15) is 14.0 Å². The molecule has 1 aromatic heterocycles. The van der Waals surface area contributed by atoms with Gasteiger partial charge in [-0.3, -0.25) is 9.36 Å². The van der Waals surface area contributed by atoms with Crippen molar-refractivity contribution >= 4 is 35.0 Å². The second-order valence-corrected chi connectivity index (χ2v) is 11.9. The van der Waals surface area contributed by atoms with Crippen LogP contribution in [0.25, 0.3) is 6.08 Å². The lowest BCUT2D eigenvalue weighted by Gasteiger charge is -2.25. The Labute approximate surface area is 273 Å². The van der Waals surface area contributed by atoms with E-state index in [1.165, 1.54) is 29.9 Å². The van der Waals surface area contributed by atoms with Crippen LogP contribution in [0.3, 0.4) is 0 Å². The number of hydrogen-bond acceptors (Lipinski definition) is 7. The summed E-state index contributed by atoms with van der Waals surface area (Å²) >= 11 is 7.35. The minimum absolute atomic E-state index is 0.0367. The Morgan fingerprint density at radius 2 is 1.65 bits per heavy atom. The number of nitrogens with zero attached hydrogens (tertiary/aromatic N) is 2. The molecule has 0 saturated carbocycles.